The zero-order chi connectivity index (χ0) is 19.9. The second-order valence-electron chi connectivity index (χ2n) is 8.50. The summed E-state index contributed by atoms with van der Waals surface area (Å²) in [4.78, 5) is 9.87. The molecule has 29 heavy (non-hydrogen) atoms. The Morgan fingerprint density at radius 1 is 1.10 bits per heavy atom. The summed E-state index contributed by atoms with van der Waals surface area (Å²) >= 11 is 0. The fourth-order valence-corrected chi connectivity index (χ4v) is 4.55. The lowest BCUT2D eigenvalue weighted by atomic mass is 9.95. The van der Waals surface area contributed by atoms with Crippen molar-refractivity contribution in [3.63, 3.8) is 0 Å². The van der Waals surface area contributed by atoms with E-state index in [1.54, 1.807) is 0 Å². The summed E-state index contributed by atoms with van der Waals surface area (Å²) < 4.78 is 0. The Kier molecular flexibility index (Phi) is 7.28. The fraction of sp³-hybridized carbons (Fsp3) is 0.542. The van der Waals surface area contributed by atoms with Crippen molar-refractivity contribution in [1.82, 2.24) is 25.4 Å². The molecule has 0 aliphatic carbocycles. The van der Waals surface area contributed by atoms with Gasteiger partial charge in [-0.25, -0.2) is 0 Å². The van der Waals surface area contributed by atoms with Crippen LogP contribution in [0.4, 0.5) is 0 Å². The first-order valence-corrected chi connectivity index (χ1v) is 11.1. The number of benzene rings is 1. The summed E-state index contributed by atoms with van der Waals surface area (Å²) in [5.74, 6) is 0. The summed E-state index contributed by atoms with van der Waals surface area (Å²) in [6, 6.07) is 13.6. The van der Waals surface area contributed by atoms with Gasteiger partial charge >= 0.3 is 0 Å². The molecular formula is C24H35N5. The molecule has 0 radical (unpaired) electrons. The molecule has 1 fully saturated rings. The van der Waals surface area contributed by atoms with Crippen molar-refractivity contribution in [3.05, 3.63) is 65.0 Å². The van der Waals surface area contributed by atoms with Gasteiger partial charge in [-0.05, 0) is 55.6 Å². The maximum Gasteiger partial charge on any atom is 0.0573 e. The third-order valence-electron chi connectivity index (χ3n) is 6.29. The van der Waals surface area contributed by atoms with Gasteiger partial charge in [0, 0.05) is 58.1 Å². The fourth-order valence-electron chi connectivity index (χ4n) is 4.55. The lowest BCUT2D eigenvalue weighted by molar-refractivity contribution is 0.191. The minimum Gasteiger partial charge on any atom is -0.314 e. The number of pyridine rings is 1. The number of hydrogen-bond acceptors (Lipinski definition) is 5. The van der Waals surface area contributed by atoms with Gasteiger partial charge in [-0.2, -0.15) is 0 Å². The molecule has 4 rings (SSSR count). The van der Waals surface area contributed by atoms with Crippen LogP contribution in [0.2, 0.25) is 0 Å². The number of nitrogens with zero attached hydrogens (tertiary/aromatic N) is 3. The zero-order valence-electron chi connectivity index (χ0n) is 17.7. The van der Waals surface area contributed by atoms with E-state index in [1.165, 1.54) is 48.4 Å². The molecule has 0 amide bonds. The van der Waals surface area contributed by atoms with Crippen molar-refractivity contribution >= 4 is 0 Å². The van der Waals surface area contributed by atoms with Crippen molar-refractivity contribution in [3.8, 4) is 0 Å². The minimum absolute atomic E-state index is 0.508. The number of nitrogens with one attached hydrogen (secondary N) is 2. The lowest BCUT2D eigenvalue weighted by Gasteiger charge is -2.33. The van der Waals surface area contributed by atoms with E-state index in [1.807, 2.05) is 12.3 Å². The van der Waals surface area contributed by atoms with Crippen molar-refractivity contribution in [1.29, 1.82) is 0 Å². The van der Waals surface area contributed by atoms with Gasteiger partial charge < -0.3 is 15.5 Å². The third kappa shape index (κ3) is 5.86. The number of fused-ring (bicyclic) bond motifs is 1. The van der Waals surface area contributed by atoms with Crippen LogP contribution in [0.15, 0.2) is 42.6 Å². The Hall–Kier alpha value is -1.79. The van der Waals surface area contributed by atoms with Gasteiger partial charge in [0.15, 0.2) is 0 Å². The first-order chi connectivity index (χ1) is 14.3. The maximum absolute atomic E-state index is 4.66. The molecule has 1 aromatic carbocycles. The molecular weight excluding hydrogens is 358 g/mol. The smallest absolute Gasteiger partial charge is 0.0573 e. The van der Waals surface area contributed by atoms with Crippen LogP contribution in [-0.4, -0.2) is 66.6 Å². The van der Waals surface area contributed by atoms with Gasteiger partial charge in [-0.3, -0.25) is 9.88 Å². The van der Waals surface area contributed by atoms with Gasteiger partial charge in [-0.15, -0.1) is 0 Å². The van der Waals surface area contributed by atoms with E-state index < -0.39 is 0 Å². The number of aryl methyl sites for hydroxylation is 1. The quantitative estimate of drug-likeness (QED) is 0.720. The van der Waals surface area contributed by atoms with E-state index >= 15 is 0 Å². The topological polar surface area (TPSA) is 43.4 Å². The highest BCUT2D eigenvalue weighted by Crippen LogP contribution is 2.18. The van der Waals surface area contributed by atoms with E-state index in [2.05, 4.69) is 62.7 Å². The summed E-state index contributed by atoms with van der Waals surface area (Å²) in [7, 11) is 0. The van der Waals surface area contributed by atoms with Crippen LogP contribution in [0, 0.1) is 6.92 Å². The van der Waals surface area contributed by atoms with Crippen LogP contribution >= 0.6 is 0 Å². The molecule has 1 saturated heterocycles. The van der Waals surface area contributed by atoms with Gasteiger partial charge in [0.2, 0.25) is 0 Å². The molecule has 5 heteroatoms. The predicted octanol–water partition coefficient (Wildman–Crippen LogP) is 2.20. The molecule has 1 atom stereocenters. The van der Waals surface area contributed by atoms with E-state index in [0.29, 0.717) is 6.04 Å². The standard InChI is InChI=1S/C24H35N5/c1-20-6-4-9-26-24(20)19-29(13-5-12-28-14-10-25-11-15-28)18-23-16-21-7-2-3-8-22(21)17-27-23/h2-4,6-9,23,25,27H,5,10-19H2,1H3. The monoisotopic (exact) mass is 393 g/mol. The Bertz CT molecular complexity index is 771. The molecule has 156 valence electrons. The molecule has 2 N–H and O–H groups in total. The van der Waals surface area contributed by atoms with Gasteiger partial charge in [0.1, 0.15) is 0 Å². The minimum atomic E-state index is 0.508. The Labute approximate surface area is 175 Å². The summed E-state index contributed by atoms with van der Waals surface area (Å²) in [6.45, 7) is 12.1. The molecule has 2 aliphatic rings. The summed E-state index contributed by atoms with van der Waals surface area (Å²) in [6.07, 6.45) is 4.26. The highest BCUT2D eigenvalue weighted by molar-refractivity contribution is 5.30. The second kappa shape index (κ2) is 10.3. The second-order valence-corrected chi connectivity index (χ2v) is 8.50. The number of piperazine rings is 1. The van der Waals surface area contributed by atoms with Crippen LogP contribution in [0.1, 0.15) is 28.8 Å². The van der Waals surface area contributed by atoms with Crippen LogP contribution in [0.25, 0.3) is 0 Å². The Morgan fingerprint density at radius 2 is 1.93 bits per heavy atom. The summed E-state index contributed by atoms with van der Waals surface area (Å²) in [5.41, 5.74) is 5.47. The lowest BCUT2D eigenvalue weighted by Crippen LogP contribution is -2.46. The van der Waals surface area contributed by atoms with Crippen LogP contribution < -0.4 is 10.6 Å². The Morgan fingerprint density at radius 3 is 2.76 bits per heavy atom. The van der Waals surface area contributed by atoms with Crippen molar-refractivity contribution in [2.24, 2.45) is 0 Å². The van der Waals surface area contributed by atoms with E-state index in [4.69, 9.17) is 0 Å². The third-order valence-corrected chi connectivity index (χ3v) is 6.29. The number of rotatable bonds is 8. The van der Waals surface area contributed by atoms with Crippen LogP contribution in [-0.2, 0) is 19.5 Å². The SMILES string of the molecule is Cc1cccnc1CN(CCCN1CCNCC1)CC1Cc2ccccc2CN1. The van der Waals surface area contributed by atoms with E-state index in [9.17, 15) is 0 Å². The normalized spacial score (nSPS) is 20.0. The zero-order valence-corrected chi connectivity index (χ0v) is 17.7. The van der Waals surface area contributed by atoms with E-state index in [-0.39, 0.29) is 0 Å². The highest BCUT2D eigenvalue weighted by Gasteiger charge is 2.21. The number of aromatic nitrogens is 1. The molecule has 0 saturated carbocycles. The molecule has 0 spiro atoms. The van der Waals surface area contributed by atoms with Gasteiger partial charge in [-0.1, -0.05) is 30.3 Å². The highest BCUT2D eigenvalue weighted by atomic mass is 15.2. The molecule has 1 aromatic heterocycles. The number of hydrogen-bond donors (Lipinski definition) is 2. The first kappa shape index (κ1) is 20.5. The van der Waals surface area contributed by atoms with Gasteiger partial charge in [0.25, 0.3) is 0 Å². The molecule has 2 aliphatic heterocycles. The Balaban J connectivity index is 1.37. The van der Waals surface area contributed by atoms with E-state index in [0.717, 1.165) is 45.7 Å². The predicted molar refractivity (Wildman–Crippen MR) is 119 cm³/mol. The molecule has 3 heterocycles. The average Bonchev–Trinajstić information content (AvgIpc) is 2.76. The van der Waals surface area contributed by atoms with Crippen molar-refractivity contribution in [2.75, 3.05) is 45.8 Å². The average molecular weight is 394 g/mol. The van der Waals surface area contributed by atoms with Crippen LogP contribution in [0.3, 0.4) is 0 Å². The molecule has 1 unspecified atom stereocenters. The molecule has 5 nitrogen and oxygen atoms in total. The maximum atomic E-state index is 4.66. The van der Waals surface area contributed by atoms with Crippen LogP contribution in [0.5, 0.6) is 0 Å². The first-order valence-electron chi connectivity index (χ1n) is 11.1. The van der Waals surface area contributed by atoms with Crippen molar-refractivity contribution < 1.29 is 0 Å². The largest absolute Gasteiger partial charge is 0.314 e. The van der Waals surface area contributed by atoms with Gasteiger partial charge in [0.05, 0.1) is 5.69 Å². The molecule has 0 bridgehead atoms. The molecule has 2 aromatic rings. The van der Waals surface area contributed by atoms with Crippen molar-refractivity contribution in [2.45, 2.75) is 38.9 Å². The summed E-state index contributed by atoms with van der Waals surface area (Å²) in [5, 5.41) is 7.21.